The largest absolute Gasteiger partial charge is 0.436 e. The number of aromatic amines is 2. The maximum Gasteiger partial charge on any atom is 0.228 e. The molecule has 3 fully saturated rings. The summed E-state index contributed by atoms with van der Waals surface area (Å²) in [6.45, 7) is 1.05. The number of rotatable bonds is 4. The first-order valence-electron chi connectivity index (χ1n) is 12.2. The van der Waals surface area contributed by atoms with E-state index in [-0.39, 0.29) is 0 Å². The summed E-state index contributed by atoms with van der Waals surface area (Å²) in [5.74, 6) is 4.16. The molecule has 5 aromatic rings. The highest BCUT2D eigenvalue weighted by Crippen LogP contribution is 2.46. The molecule has 2 aliphatic heterocycles. The van der Waals surface area contributed by atoms with Gasteiger partial charge in [0, 0.05) is 11.6 Å². The third kappa shape index (κ3) is 2.95. The van der Waals surface area contributed by atoms with Crippen molar-refractivity contribution in [2.45, 2.75) is 43.8 Å². The van der Waals surface area contributed by atoms with E-state index in [1.807, 2.05) is 12.1 Å². The average Bonchev–Trinajstić information content (AvgIpc) is 3.53. The highest BCUT2D eigenvalue weighted by Gasteiger charge is 2.46. The van der Waals surface area contributed by atoms with Crippen LogP contribution < -0.4 is 10.6 Å². The Hall–Kier alpha value is -3.49. The van der Waals surface area contributed by atoms with Crippen LogP contribution in [0.3, 0.4) is 0 Å². The molecule has 0 bridgehead atoms. The molecule has 4 N–H and O–H groups in total. The smallest absolute Gasteiger partial charge is 0.228 e. The van der Waals surface area contributed by atoms with Crippen LogP contribution in [0.25, 0.3) is 44.8 Å². The number of imidazole rings is 2. The first-order chi connectivity index (χ1) is 16.8. The zero-order valence-electron chi connectivity index (χ0n) is 18.6. The molecular weight excluding hydrogens is 426 g/mol. The lowest BCUT2D eigenvalue weighted by molar-refractivity contribution is 0.544. The lowest BCUT2D eigenvalue weighted by atomic mass is 10.1. The number of nitrogens with zero attached hydrogens (tertiary/aromatic N) is 3. The maximum atomic E-state index is 6.25. The van der Waals surface area contributed by atoms with Crippen molar-refractivity contribution in [2.24, 2.45) is 5.92 Å². The Morgan fingerprint density at radius 3 is 2.76 bits per heavy atom. The number of piperidine rings is 1. The van der Waals surface area contributed by atoms with E-state index < -0.39 is 0 Å². The van der Waals surface area contributed by atoms with E-state index in [9.17, 15) is 0 Å². The van der Waals surface area contributed by atoms with Crippen molar-refractivity contribution in [3.8, 4) is 22.8 Å². The van der Waals surface area contributed by atoms with Crippen molar-refractivity contribution in [2.75, 3.05) is 6.54 Å². The van der Waals surface area contributed by atoms with Gasteiger partial charge in [0.2, 0.25) is 5.89 Å². The normalized spacial score (nSPS) is 26.0. The van der Waals surface area contributed by atoms with Crippen LogP contribution in [0.5, 0.6) is 0 Å². The SMILES string of the molecule is c1cc(-c2ncc(-c3ccc4[nH]c([C@@H]5CCCN5)nc4c3)o2)c2nc([C@@H]3C[C@@H]4C[C@@H]4N3)[nH]c2c1. The van der Waals surface area contributed by atoms with Crippen molar-refractivity contribution < 1.29 is 4.42 Å². The molecule has 5 heterocycles. The molecule has 2 aromatic carbocycles. The van der Waals surface area contributed by atoms with Crippen LogP contribution in [0.15, 0.2) is 47.0 Å². The molecule has 3 aromatic heterocycles. The topological polar surface area (TPSA) is 107 Å². The number of H-pyrrole nitrogens is 2. The predicted molar refractivity (Wildman–Crippen MR) is 129 cm³/mol. The quantitative estimate of drug-likeness (QED) is 0.318. The maximum absolute atomic E-state index is 6.25. The van der Waals surface area contributed by atoms with Crippen molar-refractivity contribution >= 4 is 22.1 Å². The van der Waals surface area contributed by atoms with Gasteiger partial charge in [0.25, 0.3) is 0 Å². The number of aromatic nitrogens is 5. The number of para-hydroxylation sites is 1. The fourth-order valence-electron chi connectivity index (χ4n) is 5.71. The molecule has 1 aliphatic carbocycles. The monoisotopic (exact) mass is 451 g/mol. The van der Waals surface area contributed by atoms with Crippen molar-refractivity contribution in [1.29, 1.82) is 0 Å². The third-order valence-corrected chi connectivity index (χ3v) is 7.65. The van der Waals surface area contributed by atoms with Gasteiger partial charge in [-0.2, -0.15) is 0 Å². The summed E-state index contributed by atoms with van der Waals surface area (Å²) in [4.78, 5) is 21.4. The zero-order chi connectivity index (χ0) is 22.2. The number of benzene rings is 2. The van der Waals surface area contributed by atoms with Gasteiger partial charge in [-0.15, -0.1) is 0 Å². The number of hydrogen-bond acceptors (Lipinski definition) is 6. The van der Waals surface area contributed by atoms with Crippen LogP contribution in [0.4, 0.5) is 0 Å². The lowest BCUT2D eigenvalue weighted by Gasteiger charge is -2.08. The Morgan fingerprint density at radius 2 is 1.88 bits per heavy atom. The minimum atomic E-state index is 0.314. The summed E-state index contributed by atoms with van der Waals surface area (Å²) in [5.41, 5.74) is 5.78. The number of oxazole rings is 1. The second-order valence-electron chi connectivity index (χ2n) is 9.91. The fourth-order valence-corrected chi connectivity index (χ4v) is 5.71. The Balaban J connectivity index is 1.13. The molecule has 170 valence electrons. The lowest BCUT2D eigenvalue weighted by Crippen LogP contribution is -2.18. The molecule has 8 nitrogen and oxygen atoms in total. The number of hydrogen-bond donors (Lipinski definition) is 4. The first-order valence-corrected chi connectivity index (χ1v) is 12.2. The highest BCUT2D eigenvalue weighted by molar-refractivity contribution is 5.90. The summed E-state index contributed by atoms with van der Waals surface area (Å²) in [5, 5.41) is 7.18. The van der Waals surface area contributed by atoms with Gasteiger partial charge in [-0.3, -0.25) is 0 Å². The first kappa shape index (κ1) is 18.9. The molecule has 0 amide bonds. The molecule has 4 atom stereocenters. The van der Waals surface area contributed by atoms with E-state index in [2.05, 4.69) is 49.9 Å². The number of fused-ring (bicyclic) bond motifs is 3. The van der Waals surface area contributed by atoms with Crippen molar-refractivity contribution in [3.05, 3.63) is 54.2 Å². The molecule has 0 spiro atoms. The summed E-state index contributed by atoms with van der Waals surface area (Å²) < 4.78 is 6.25. The minimum absolute atomic E-state index is 0.314. The van der Waals surface area contributed by atoms with Crippen LogP contribution in [0.2, 0.25) is 0 Å². The van der Waals surface area contributed by atoms with E-state index in [0.29, 0.717) is 24.0 Å². The van der Waals surface area contributed by atoms with Crippen molar-refractivity contribution in [1.82, 2.24) is 35.6 Å². The third-order valence-electron chi connectivity index (χ3n) is 7.65. The Bertz CT molecular complexity index is 1530. The number of nitrogens with one attached hydrogen (secondary N) is 4. The average molecular weight is 452 g/mol. The molecule has 34 heavy (non-hydrogen) atoms. The van der Waals surface area contributed by atoms with Gasteiger partial charge in [-0.1, -0.05) is 6.07 Å². The summed E-state index contributed by atoms with van der Waals surface area (Å²) in [6, 6.07) is 13.6. The standard InChI is InChI=1S/C26H25N7O/c1-3-15(23-17(4-1)31-25(33-23)21-11-14-10-19(14)29-21)26-28-12-22(34-26)13-6-7-16-20(9-13)32-24(30-16)18-5-2-8-27-18/h1,3-4,6-7,9,12,14,18-19,21,27,29H,2,5,8,10-11H2,(H,30,32)(H,31,33)/t14-,18-,19-,21-/m0/s1. The predicted octanol–water partition coefficient (Wildman–Crippen LogP) is 4.61. The highest BCUT2D eigenvalue weighted by atomic mass is 16.4. The van der Waals surface area contributed by atoms with Gasteiger partial charge in [0.15, 0.2) is 5.76 Å². The van der Waals surface area contributed by atoms with Gasteiger partial charge in [0.1, 0.15) is 17.2 Å². The van der Waals surface area contributed by atoms with Gasteiger partial charge in [-0.05, 0) is 68.5 Å². The Kier molecular flexibility index (Phi) is 3.89. The van der Waals surface area contributed by atoms with Crippen LogP contribution in [-0.4, -0.2) is 37.5 Å². The van der Waals surface area contributed by atoms with Crippen LogP contribution in [-0.2, 0) is 0 Å². The second-order valence-corrected chi connectivity index (χ2v) is 9.91. The van der Waals surface area contributed by atoms with Crippen LogP contribution in [0.1, 0.15) is 49.4 Å². The van der Waals surface area contributed by atoms with E-state index in [4.69, 9.17) is 14.4 Å². The zero-order valence-corrected chi connectivity index (χ0v) is 18.6. The fraction of sp³-hybridized carbons (Fsp3) is 0.346. The van der Waals surface area contributed by atoms with Gasteiger partial charge >= 0.3 is 0 Å². The summed E-state index contributed by atoms with van der Waals surface area (Å²) in [6.07, 6.45) is 6.58. The molecule has 0 unspecified atom stereocenters. The van der Waals surface area contributed by atoms with Crippen molar-refractivity contribution in [3.63, 3.8) is 0 Å². The Labute approximate surface area is 195 Å². The molecule has 3 aliphatic rings. The van der Waals surface area contributed by atoms with Crippen LogP contribution in [0, 0.1) is 5.92 Å². The van der Waals surface area contributed by atoms with E-state index in [1.54, 1.807) is 6.20 Å². The van der Waals surface area contributed by atoms with Gasteiger partial charge in [-0.25, -0.2) is 15.0 Å². The van der Waals surface area contributed by atoms with E-state index >= 15 is 0 Å². The van der Waals surface area contributed by atoms with Gasteiger partial charge < -0.3 is 25.0 Å². The molecule has 0 radical (unpaired) electrons. The molecule has 8 rings (SSSR count). The van der Waals surface area contributed by atoms with E-state index in [0.717, 1.165) is 75.9 Å². The second kappa shape index (κ2) is 7.01. The molecule has 2 saturated heterocycles. The molecule has 8 heteroatoms. The van der Waals surface area contributed by atoms with Gasteiger partial charge in [0.05, 0.1) is 40.4 Å². The molecular formula is C26H25N7O. The summed E-state index contributed by atoms with van der Waals surface area (Å²) in [7, 11) is 0. The Morgan fingerprint density at radius 1 is 0.941 bits per heavy atom. The minimum Gasteiger partial charge on any atom is -0.436 e. The summed E-state index contributed by atoms with van der Waals surface area (Å²) >= 11 is 0. The van der Waals surface area contributed by atoms with Crippen LogP contribution >= 0.6 is 0 Å². The van der Waals surface area contributed by atoms with E-state index in [1.165, 1.54) is 12.8 Å². The molecule has 1 saturated carbocycles.